The number of para-hydroxylation sites is 1. The average Bonchev–Trinajstić information content (AvgIpc) is 3.46. The number of amides is 1. The Labute approximate surface area is 217 Å². The van der Waals surface area contributed by atoms with Gasteiger partial charge in [0.1, 0.15) is 0 Å². The van der Waals surface area contributed by atoms with Crippen molar-refractivity contribution in [3.05, 3.63) is 94.7 Å². The van der Waals surface area contributed by atoms with Crippen LogP contribution in [0, 0.1) is 0 Å². The Morgan fingerprint density at radius 1 is 1.11 bits per heavy atom. The van der Waals surface area contributed by atoms with Gasteiger partial charge in [0.2, 0.25) is 5.91 Å². The highest BCUT2D eigenvalue weighted by Crippen LogP contribution is 2.64. The summed E-state index contributed by atoms with van der Waals surface area (Å²) in [5.74, 6) is 0.315. The van der Waals surface area contributed by atoms with Crippen LogP contribution in [0.2, 0.25) is 0 Å². The van der Waals surface area contributed by atoms with Gasteiger partial charge in [0, 0.05) is 37.2 Å². The molecule has 2 heterocycles. The molecular formula is C31H32N4O2. The lowest BCUT2D eigenvalue weighted by molar-refractivity contribution is -0.118. The van der Waals surface area contributed by atoms with Crippen LogP contribution in [0.25, 0.3) is 23.1 Å². The maximum absolute atomic E-state index is 12.9. The molecule has 6 nitrogen and oxygen atoms in total. The molecule has 188 valence electrons. The van der Waals surface area contributed by atoms with E-state index in [2.05, 4.69) is 88.0 Å². The molecule has 3 aromatic carbocycles. The number of hydrogen-bond acceptors (Lipinski definition) is 4. The van der Waals surface area contributed by atoms with Crippen LogP contribution in [0.3, 0.4) is 0 Å². The van der Waals surface area contributed by atoms with Crippen molar-refractivity contribution in [3.63, 3.8) is 0 Å². The van der Waals surface area contributed by atoms with E-state index in [1.54, 1.807) is 7.11 Å². The average molecular weight is 493 g/mol. The van der Waals surface area contributed by atoms with Crippen LogP contribution in [0.5, 0.6) is 0 Å². The monoisotopic (exact) mass is 492 g/mol. The lowest BCUT2D eigenvalue weighted by atomic mass is 9.92. The Morgan fingerprint density at radius 3 is 2.76 bits per heavy atom. The van der Waals surface area contributed by atoms with Crippen LogP contribution in [-0.4, -0.2) is 47.8 Å². The number of likely N-dealkylation sites (N-methyl/N-ethyl adjacent to an activating group) is 1. The first-order chi connectivity index (χ1) is 18.1. The zero-order valence-corrected chi connectivity index (χ0v) is 21.3. The summed E-state index contributed by atoms with van der Waals surface area (Å²) in [6.45, 7) is 5.79. The minimum atomic E-state index is -0.420. The molecule has 0 unspecified atom stereocenters. The molecule has 0 saturated heterocycles. The number of ether oxygens (including phenoxy) is 1. The summed E-state index contributed by atoms with van der Waals surface area (Å²) in [6.07, 6.45) is 5.01. The summed E-state index contributed by atoms with van der Waals surface area (Å²) >= 11 is 0. The number of carbonyl (C=O) groups excluding carboxylic acids is 1. The fraction of sp³-hybridized carbons (Fsp3) is 0.290. The molecule has 1 amide bonds. The van der Waals surface area contributed by atoms with E-state index in [-0.39, 0.29) is 11.8 Å². The lowest BCUT2D eigenvalue weighted by Gasteiger charge is -2.19. The van der Waals surface area contributed by atoms with E-state index in [0.29, 0.717) is 0 Å². The van der Waals surface area contributed by atoms with Crippen molar-refractivity contribution in [2.75, 3.05) is 32.1 Å². The van der Waals surface area contributed by atoms with Crippen molar-refractivity contribution in [2.45, 2.75) is 31.2 Å². The number of anilines is 1. The smallest absolute Gasteiger partial charge is 0.235 e. The molecule has 1 spiro atoms. The molecule has 1 aliphatic heterocycles. The van der Waals surface area contributed by atoms with Crippen molar-refractivity contribution in [1.82, 2.24) is 15.1 Å². The SMILES string of the molecule is CCN(CCOC)Cc1ccc(C=Cc2n[nH]c3cc([C@@H]4C[C@@]45C(=O)Nc4ccccc45)ccc23)cc1. The van der Waals surface area contributed by atoms with Gasteiger partial charge in [-0.25, -0.2) is 0 Å². The van der Waals surface area contributed by atoms with Gasteiger partial charge >= 0.3 is 0 Å². The molecule has 6 rings (SSSR count). The van der Waals surface area contributed by atoms with Crippen LogP contribution in [0.4, 0.5) is 5.69 Å². The van der Waals surface area contributed by atoms with Gasteiger partial charge < -0.3 is 10.1 Å². The van der Waals surface area contributed by atoms with E-state index in [1.165, 1.54) is 11.1 Å². The second kappa shape index (κ2) is 9.61. The number of carbonyl (C=O) groups is 1. The first kappa shape index (κ1) is 23.6. The van der Waals surface area contributed by atoms with Crippen molar-refractivity contribution in [1.29, 1.82) is 0 Å². The van der Waals surface area contributed by atoms with E-state index in [1.807, 2.05) is 18.2 Å². The summed E-state index contributed by atoms with van der Waals surface area (Å²) < 4.78 is 5.21. The number of H-pyrrole nitrogens is 1. The van der Waals surface area contributed by atoms with Gasteiger partial charge in [-0.3, -0.25) is 14.8 Å². The van der Waals surface area contributed by atoms with Gasteiger partial charge in [-0.05, 0) is 53.4 Å². The zero-order chi connectivity index (χ0) is 25.4. The number of nitrogens with zero attached hydrogens (tertiary/aromatic N) is 2. The first-order valence-corrected chi connectivity index (χ1v) is 13.0. The fourth-order valence-corrected chi connectivity index (χ4v) is 5.69. The highest BCUT2D eigenvalue weighted by molar-refractivity contribution is 6.09. The van der Waals surface area contributed by atoms with E-state index >= 15 is 0 Å². The van der Waals surface area contributed by atoms with E-state index < -0.39 is 5.41 Å². The fourth-order valence-electron chi connectivity index (χ4n) is 5.69. The van der Waals surface area contributed by atoms with Crippen LogP contribution >= 0.6 is 0 Å². The van der Waals surface area contributed by atoms with Crippen LogP contribution in [0.15, 0.2) is 66.7 Å². The molecule has 1 aliphatic carbocycles. The van der Waals surface area contributed by atoms with Gasteiger partial charge in [-0.2, -0.15) is 5.10 Å². The van der Waals surface area contributed by atoms with E-state index in [4.69, 9.17) is 4.74 Å². The lowest BCUT2D eigenvalue weighted by Crippen LogP contribution is -2.26. The number of nitrogens with one attached hydrogen (secondary N) is 2. The third-order valence-corrected chi connectivity index (χ3v) is 7.92. The van der Waals surface area contributed by atoms with Crippen LogP contribution in [-0.2, 0) is 21.5 Å². The Morgan fingerprint density at radius 2 is 1.95 bits per heavy atom. The maximum atomic E-state index is 12.9. The topological polar surface area (TPSA) is 70.2 Å². The number of aromatic nitrogens is 2. The number of rotatable bonds is 9. The van der Waals surface area contributed by atoms with Gasteiger partial charge in [0.05, 0.1) is 23.2 Å². The molecule has 2 N–H and O–H groups in total. The molecule has 37 heavy (non-hydrogen) atoms. The minimum absolute atomic E-state index is 0.121. The van der Waals surface area contributed by atoms with Gasteiger partial charge in [-0.15, -0.1) is 0 Å². The Hall–Kier alpha value is -3.74. The number of benzene rings is 3. The maximum Gasteiger partial charge on any atom is 0.235 e. The first-order valence-electron chi connectivity index (χ1n) is 13.0. The number of hydrogen-bond donors (Lipinski definition) is 2. The van der Waals surface area contributed by atoms with E-state index in [0.717, 1.165) is 66.1 Å². The van der Waals surface area contributed by atoms with Gasteiger partial charge in [0.15, 0.2) is 0 Å². The molecule has 4 aromatic rings. The molecular weight excluding hydrogens is 460 g/mol. The summed E-state index contributed by atoms with van der Waals surface area (Å²) in [7, 11) is 1.74. The molecule has 0 radical (unpaired) electrons. The third-order valence-electron chi connectivity index (χ3n) is 7.92. The second-order valence-electron chi connectivity index (χ2n) is 10.1. The summed E-state index contributed by atoms with van der Waals surface area (Å²) in [5.41, 5.74) is 7.19. The van der Waals surface area contributed by atoms with Crippen LogP contribution in [0.1, 0.15) is 47.2 Å². The van der Waals surface area contributed by atoms with Gasteiger partial charge in [-0.1, -0.05) is 67.6 Å². The normalized spacial score (nSPS) is 20.3. The number of aromatic amines is 1. The molecule has 1 fully saturated rings. The van der Waals surface area contributed by atoms with E-state index in [9.17, 15) is 4.79 Å². The predicted molar refractivity (Wildman–Crippen MR) is 148 cm³/mol. The molecule has 2 aliphatic rings. The number of methoxy groups -OCH3 is 1. The molecule has 2 atom stereocenters. The third kappa shape index (κ3) is 4.26. The Kier molecular flexibility index (Phi) is 6.14. The minimum Gasteiger partial charge on any atom is -0.383 e. The van der Waals surface area contributed by atoms with Crippen molar-refractivity contribution in [2.24, 2.45) is 0 Å². The molecule has 1 saturated carbocycles. The molecule has 0 bridgehead atoms. The quantitative estimate of drug-likeness (QED) is 0.320. The van der Waals surface area contributed by atoms with Crippen molar-refractivity contribution < 1.29 is 9.53 Å². The number of fused-ring (bicyclic) bond motifs is 3. The Balaban J connectivity index is 1.16. The molecule has 6 heteroatoms. The second-order valence-corrected chi connectivity index (χ2v) is 10.1. The standard InChI is InChI=1S/C31H32N4O2/c1-3-35(16-17-37-2)20-22-10-8-21(9-11-22)12-15-27-24-14-13-23(18-29(24)34-33-27)26-19-31(26)25-6-4-5-7-28(25)32-30(31)36/h4-15,18,26H,3,16-17,19-20H2,1-2H3,(H,32,36)(H,33,34)/t26-,31-/m0/s1. The largest absolute Gasteiger partial charge is 0.383 e. The summed E-state index contributed by atoms with van der Waals surface area (Å²) in [6, 6.07) is 23.2. The van der Waals surface area contributed by atoms with Crippen molar-refractivity contribution in [3.8, 4) is 0 Å². The molecule has 1 aromatic heterocycles. The highest BCUT2D eigenvalue weighted by Gasteiger charge is 2.65. The predicted octanol–water partition coefficient (Wildman–Crippen LogP) is 5.58. The summed E-state index contributed by atoms with van der Waals surface area (Å²) in [5, 5.41) is 11.9. The summed E-state index contributed by atoms with van der Waals surface area (Å²) in [4.78, 5) is 15.2. The highest BCUT2D eigenvalue weighted by atomic mass is 16.5. The van der Waals surface area contributed by atoms with Crippen LogP contribution < -0.4 is 5.32 Å². The van der Waals surface area contributed by atoms with Crippen molar-refractivity contribution >= 4 is 34.6 Å². The Bertz CT molecular complexity index is 1470. The van der Waals surface area contributed by atoms with Gasteiger partial charge in [0.25, 0.3) is 0 Å². The zero-order valence-electron chi connectivity index (χ0n) is 21.3.